The van der Waals surface area contributed by atoms with Gasteiger partial charge in [-0.25, -0.2) is 0 Å². The number of aromatic nitrogens is 2. The molecular formula is C13H18N4O2S. The van der Waals surface area contributed by atoms with Crippen molar-refractivity contribution in [3.05, 3.63) is 53.9 Å². The molecule has 0 unspecified atom stereocenters. The van der Waals surface area contributed by atoms with Gasteiger partial charge in [0.15, 0.2) is 0 Å². The summed E-state index contributed by atoms with van der Waals surface area (Å²) >= 11 is 0. The molecule has 0 amide bonds. The number of nitrogens with zero attached hydrogens (tertiary/aromatic N) is 3. The molecule has 0 fully saturated rings. The maximum absolute atomic E-state index is 11.6. The minimum atomic E-state index is -3.41. The number of hydrogen-bond donors (Lipinski definition) is 1. The maximum Gasteiger partial charge on any atom is 0.279 e. The number of benzene rings is 1. The molecule has 0 spiro atoms. The molecule has 20 heavy (non-hydrogen) atoms. The summed E-state index contributed by atoms with van der Waals surface area (Å²) in [6.07, 6.45) is 1.84. The highest BCUT2D eigenvalue weighted by atomic mass is 32.2. The van der Waals surface area contributed by atoms with E-state index in [0.29, 0.717) is 12.2 Å². The van der Waals surface area contributed by atoms with E-state index in [1.54, 1.807) is 10.7 Å². The standard InChI is InChI=1S/C13H18N4O2S/c1-16(2)20(18,19)14-10-13-8-9-17(15-13)11-12-6-4-3-5-7-12/h3-9,14H,10-11H2,1-2H3. The van der Waals surface area contributed by atoms with Gasteiger partial charge >= 0.3 is 0 Å². The Bertz CT molecular complexity index is 650. The molecule has 1 N–H and O–H groups in total. The van der Waals surface area contributed by atoms with Crippen LogP contribution in [0, 0.1) is 0 Å². The molecular weight excluding hydrogens is 276 g/mol. The average molecular weight is 294 g/mol. The molecule has 0 radical (unpaired) electrons. The Morgan fingerprint density at radius 3 is 2.55 bits per heavy atom. The fourth-order valence-electron chi connectivity index (χ4n) is 1.65. The summed E-state index contributed by atoms with van der Waals surface area (Å²) in [5.74, 6) is 0. The van der Waals surface area contributed by atoms with Crippen LogP contribution in [0.2, 0.25) is 0 Å². The SMILES string of the molecule is CN(C)S(=O)(=O)NCc1ccn(Cc2ccccc2)n1. The topological polar surface area (TPSA) is 67.2 Å². The third kappa shape index (κ3) is 3.89. The van der Waals surface area contributed by atoms with E-state index in [0.717, 1.165) is 9.87 Å². The molecule has 1 aromatic carbocycles. The zero-order valence-corrected chi connectivity index (χ0v) is 12.3. The Balaban J connectivity index is 1.96. The first-order valence-electron chi connectivity index (χ1n) is 6.21. The van der Waals surface area contributed by atoms with Crippen molar-refractivity contribution in [3.63, 3.8) is 0 Å². The fourth-order valence-corrected chi connectivity index (χ4v) is 2.24. The molecule has 2 rings (SSSR count). The summed E-state index contributed by atoms with van der Waals surface area (Å²) in [4.78, 5) is 0. The van der Waals surface area contributed by atoms with Crippen molar-refractivity contribution in [2.75, 3.05) is 14.1 Å². The van der Waals surface area contributed by atoms with Crippen LogP contribution in [0.25, 0.3) is 0 Å². The lowest BCUT2D eigenvalue weighted by atomic mass is 10.2. The van der Waals surface area contributed by atoms with E-state index in [9.17, 15) is 8.42 Å². The summed E-state index contributed by atoms with van der Waals surface area (Å²) in [5.41, 5.74) is 1.84. The summed E-state index contributed by atoms with van der Waals surface area (Å²) in [5, 5.41) is 4.34. The van der Waals surface area contributed by atoms with E-state index in [-0.39, 0.29) is 6.54 Å². The molecule has 1 aromatic heterocycles. The monoisotopic (exact) mass is 294 g/mol. The Morgan fingerprint density at radius 2 is 1.90 bits per heavy atom. The third-order valence-electron chi connectivity index (χ3n) is 2.80. The van der Waals surface area contributed by atoms with Crippen LogP contribution in [0.1, 0.15) is 11.3 Å². The molecule has 0 aliphatic heterocycles. The third-order valence-corrected chi connectivity index (χ3v) is 4.27. The van der Waals surface area contributed by atoms with Crippen molar-refractivity contribution in [1.29, 1.82) is 0 Å². The molecule has 2 aromatic rings. The molecule has 0 atom stereocenters. The van der Waals surface area contributed by atoms with E-state index in [1.165, 1.54) is 14.1 Å². The van der Waals surface area contributed by atoms with Crippen LogP contribution >= 0.6 is 0 Å². The van der Waals surface area contributed by atoms with Crippen LogP contribution in [0.4, 0.5) is 0 Å². The van der Waals surface area contributed by atoms with E-state index in [4.69, 9.17) is 0 Å². The second-order valence-electron chi connectivity index (χ2n) is 4.60. The van der Waals surface area contributed by atoms with Gasteiger partial charge in [0.2, 0.25) is 0 Å². The number of nitrogens with one attached hydrogen (secondary N) is 1. The second kappa shape index (κ2) is 6.17. The van der Waals surface area contributed by atoms with Crippen molar-refractivity contribution < 1.29 is 8.42 Å². The average Bonchev–Trinajstić information content (AvgIpc) is 2.85. The Kier molecular flexibility index (Phi) is 4.53. The van der Waals surface area contributed by atoms with Gasteiger partial charge in [-0.2, -0.15) is 22.5 Å². The van der Waals surface area contributed by atoms with E-state index in [1.807, 2.05) is 36.5 Å². The van der Waals surface area contributed by atoms with Crippen LogP contribution in [-0.2, 0) is 23.3 Å². The highest BCUT2D eigenvalue weighted by molar-refractivity contribution is 7.87. The lowest BCUT2D eigenvalue weighted by Crippen LogP contribution is -2.35. The van der Waals surface area contributed by atoms with Crippen molar-refractivity contribution in [2.24, 2.45) is 0 Å². The van der Waals surface area contributed by atoms with Crippen molar-refractivity contribution in [1.82, 2.24) is 18.8 Å². The van der Waals surface area contributed by atoms with Gasteiger partial charge in [-0.1, -0.05) is 30.3 Å². The predicted octanol–water partition coefficient (Wildman–Crippen LogP) is 0.827. The largest absolute Gasteiger partial charge is 0.279 e. The second-order valence-corrected chi connectivity index (χ2v) is 6.57. The van der Waals surface area contributed by atoms with Crippen LogP contribution in [0.15, 0.2) is 42.6 Å². The first-order chi connectivity index (χ1) is 9.47. The van der Waals surface area contributed by atoms with E-state index in [2.05, 4.69) is 9.82 Å². The zero-order valence-electron chi connectivity index (χ0n) is 11.5. The smallest absolute Gasteiger partial charge is 0.268 e. The maximum atomic E-state index is 11.6. The zero-order chi connectivity index (χ0) is 14.6. The lowest BCUT2D eigenvalue weighted by molar-refractivity contribution is 0.504. The van der Waals surface area contributed by atoms with Gasteiger partial charge < -0.3 is 0 Å². The van der Waals surface area contributed by atoms with Crippen LogP contribution in [0.5, 0.6) is 0 Å². The Hall–Kier alpha value is -1.70. The molecule has 0 saturated heterocycles. The Morgan fingerprint density at radius 1 is 1.20 bits per heavy atom. The van der Waals surface area contributed by atoms with Crippen molar-refractivity contribution in [3.8, 4) is 0 Å². The first-order valence-corrected chi connectivity index (χ1v) is 7.65. The molecule has 1 heterocycles. The molecule has 0 aliphatic rings. The summed E-state index contributed by atoms with van der Waals surface area (Å²) < 4.78 is 28.6. The molecule has 0 saturated carbocycles. The quantitative estimate of drug-likeness (QED) is 0.858. The Labute approximate surface area is 119 Å². The van der Waals surface area contributed by atoms with Gasteiger partial charge in [0.25, 0.3) is 10.2 Å². The number of rotatable bonds is 6. The highest BCUT2D eigenvalue weighted by Crippen LogP contribution is 2.03. The minimum Gasteiger partial charge on any atom is -0.268 e. The van der Waals surface area contributed by atoms with Crippen LogP contribution in [-0.4, -0.2) is 36.6 Å². The van der Waals surface area contributed by atoms with Crippen molar-refractivity contribution in [2.45, 2.75) is 13.1 Å². The summed E-state index contributed by atoms with van der Waals surface area (Å²) in [7, 11) is -0.447. The van der Waals surface area contributed by atoms with Gasteiger partial charge in [-0.05, 0) is 11.6 Å². The van der Waals surface area contributed by atoms with Gasteiger partial charge in [0.1, 0.15) is 0 Å². The predicted molar refractivity (Wildman–Crippen MR) is 77.2 cm³/mol. The van der Waals surface area contributed by atoms with Crippen molar-refractivity contribution >= 4 is 10.2 Å². The first kappa shape index (κ1) is 14.7. The minimum absolute atomic E-state index is 0.183. The van der Waals surface area contributed by atoms with Gasteiger partial charge in [0.05, 0.1) is 18.8 Å². The molecule has 7 heteroatoms. The number of hydrogen-bond acceptors (Lipinski definition) is 3. The molecule has 108 valence electrons. The highest BCUT2D eigenvalue weighted by Gasteiger charge is 2.12. The normalized spacial score (nSPS) is 11.9. The van der Waals surface area contributed by atoms with Gasteiger partial charge in [0, 0.05) is 20.3 Å². The van der Waals surface area contributed by atoms with Crippen LogP contribution in [0.3, 0.4) is 0 Å². The molecule has 0 aliphatic carbocycles. The summed E-state index contributed by atoms with van der Waals surface area (Å²) in [6, 6.07) is 11.8. The molecule has 6 nitrogen and oxygen atoms in total. The lowest BCUT2D eigenvalue weighted by Gasteiger charge is -2.11. The summed E-state index contributed by atoms with van der Waals surface area (Å²) in [6.45, 7) is 0.851. The van der Waals surface area contributed by atoms with Crippen LogP contribution < -0.4 is 4.72 Å². The van der Waals surface area contributed by atoms with E-state index < -0.39 is 10.2 Å². The fraction of sp³-hybridized carbons (Fsp3) is 0.308. The van der Waals surface area contributed by atoms with Gasteiger partial charge in [-0.15, -0.1) is 0 Å². The molecule has 0 bridgehead atoms. The van der Waals surface area contributed by atoms with Gasteiger partial charge in [-0.3, -0.25) is 4.68 Å². The van der Waals surface area contributed by atoms with E-state index >= 15 is 0 Å².